The monoisotopic (exact) mass is 277 g/mol. The first kappa shape index (κ1) is 13.5. The summed E-state index contributed by atoms with van der Waals surface area (Å²) in [4.78, 5) is 38.6. The molecule has 0 saturated heterocycles. The fraction of sp³-hybridized carbons (Fsp3) is 0.167. The molecule has 2 rings (SSSR count). The van der Waals surface area contributed by atoms with Crippen molar-refractivity contribution < 1.29 is 19.4 Å². The third kappa shape index (κ3) is 2.18. The van der Waals surface area contributed by atoms with Crippen molar-refractivity contribution in [3.63, 3.8) is 0 Å². The van der Waals surface area contributed by atoms with Crippen molar-refractivity contribution in [1.82, 2.24) is 9.55 Å². The molecule has 0 saturated carbocycles. The van der Waals surface area contributed by atoms with E-state index in [0.29, 0.717) is 0 Å². The summed E-state index contributed by atoms with van der Waals surface area (Å²) in [5.74, 6) is -1.98. The van der Waals surface area contributed by atoms with Crippen molar-refractivity contribution in [1.29, 1.82) is 0 Å². The van der Waals surface area contributed by atoms with Crippen molar-refractivity contribution in [2.75, 3.05) is 12.8 Å². The minimum absolute atomic E-state index is 0.0419. The molecular weight excluding hydrogens is 266 g/mol. The molecule has 0 atom stereocenters. The lowest BCUT2D eigenvalue weighted by molar-refractivity contribution is -0.141. The van der Waals surface area contributed by atoms with E-state index in [1.807, 2.05) is 0 Å². The van der Waals surface area contributed by atoms with Gasteiger partial charge in [-0.3, -0.25) is 14.2 Å². The van der Waals surface area contributed by atoms with Gasteiger partial charge in [0.25, 0.3) is 5.56 Å². The van der Waals surface area contributed by atoms with E-state index < -0.39 is 17.5 Å². The average Bonchev–Trinajstić information content (AvgIpc) is 2.41. The Labute approximate surface area is 112 Å². The van der Waals surface area contributed by atoms with E-state index in [2.05, 4.69) is 9.72 Å². The number of carboxylic acids is 1. The molecule has 20 heavy (non-hydrogen) atoms. The standard InChI is InChI=1S/C12H11N3O5/c1-20-8(16)4-15-5-14-7-3-2-6(13)9(12(18)19)10(7)11(15)17/h2-3,5H,4,13H2,1H3,(H,18,19). The van der Waals surface area contributed by atoms with Gasteiger partial charge in [0.15, 0.2) is 0 Å². The normalized spacial score (nSPS) is 10.4. The molecule has 1 aromatic heterocycles. The Hall–Kier alpha value is -2.90. The number of hydrogen-bond acceptors (Lipinski definition) is 6. The molecule has 3 N–H and O–H groups in total. The SMILES string of the molecule is COC(=O)Cn1cnc2ccc(N)c(C(=O)O)c2c1=O. The Morgan fingerprint density at radius 3 is 2.75 bits per heavy atom. The molecule has 0 unspecified atom stereocenters. The van der Waals surface area contributed by atoms with Crippen LogP contribution in [0.3, 0.4) is 0 Å². The Morgan fingerprint density at radius 2 is 2.15 bits per heavy atom. The maximum atomic E-state index is 12.3. The van der Waals surface area contributed by atoms with Gasteiger partial charge in [-0.2, -0.15) is 0 Å². The predicted octanol–water partition coefficient (Wildman–Crippen LogP) is -0.150. The number of carbonyl (C=O) groups excluding carboxylic acids is 1. The van der Waals surface area contributed by atoms with Gasteiger partial charge in [0.2, 0.25) is 0 Å². The highest BCUT2D eigenvalue weighted by molar-refractivity contribution is 6.06. The zero-order valence-electron chi connectivity index (χ0n) is 10.5. The third-order valence-corrected chi connectivity index (χ3v) is 2.77. The van der Waals surface area contributed by atoms with Crippen molar-refractivity contribution in [3.05, 3.63) is 34.4 Å². The summed E-state index contributed by atoms with van der Waals surface area (Å²) in [6.07, 6.45) is 1.16. The minimum Gasteiger partial charge on any atom is -0.478 e. The summed E-state index contributed by atoms with van der Waals surface area (Å²) in [6.45, 7) is -0.355. The van der Waals surface area contributed by atoms with E-state index in [1.165, 1.54) is 19.2 Å². The molecule has 0 amide bonds. The number of esters is 1. The smallest absolute Gasteiger partial charge is 0.338 e. The quantitative estimate of drug-likeness (QED) is 0.590. The van der Waals surface area contributed by atoms with E-state index in [4.69, 9.17) is 10.8 Å². The number of benzene rings is 1. The van der Waals surface area contributed by atoms with E-state index in [9.17, 15) is 14.4 Å². The first-order valence-electron chi connectivity index (χ1n) is 5.53. The first-order chi connectivity index (χ1) is 9.45. The zero-order chi connectivity index (χ0) is 14.9. The van der Waals surface area contributed by atoms with Crippen molar-refractivity contribution in [2.45, 2.75) is 6.54 Å². The van der Waals surface area contributed by atoms with E-state index in [0.717, 1.165) is 10.9 Å². The number of rotatable bonds is 3. The summed E-state index contributed by atoms with van der Waals surface area (Å²) in [5, 5.41) is 9.02. The molecule has 0 fully saturated rings. The van der Waals surface area contributed by atoms with Gasteiger partial charge in [0, 0.05) is 5.69 Å². The van der Waals surface area contributed by atoms with Crippen LogP contribution in [-0.2, 0) is 16.1 Å². The van der Waals surface area contributed by atoms with Gasteiger partial charge >= 0.3 is 11.9 Å². The van der Waals surface area contributed by atoms with E-state index in [-0.39, 0.29) is 28.7 Å². The van der Waals surface area contributed by atoms with Crippen molar-refractivity contribution >= 4 is 28.5 Å². The van der Waals surface area contributed by atoms with Crippen LogP contribution in [0.25, 0.3) is 10.9 Å². The Morgan fingerprint density at radius 1 is 1.45 bits per heavy atom. The second kappa shape index (κ2) is 5.00. The molecule has 0 spiro atoms. The first-order valence-corrected chi connectivity index (χ1v) is 5.53. The number of ether oxygens (including phenoxy) is 1. The topological polar surface area (TPSA) is 125 Å². The van der Waals surface area contributed by atoms with Gasteiger partial charge in [0.05, 0.1) is 29.9 Å². The number of carboxylic acid groups (broad SMARTS) is 1. The zero-order valence-corrected chi connectivity index (χ0v) is 10.5. The molecule has 0 bridgehead atoms. The number of aromatic nitrogens is 2. The van der Waals surface area contributed by atoms with Gasteiger partial charge in [-0.05, 0) is 12.1 Å². The van der Waals surface area contributed by atoms with Crippen LogP contribution in [0.4, 0.5) is 5.69 Å². The van der Waals surface area contributed by atoms with Crippen LogP contribution >= 0.6 is 0 Å². The number of hydrogen-bond donors (Lipinski definition) is 2. The third-order valence-electron chi connectivity index (χ3n) is 2.77. The van der Waals surface area contributed by atoms with Gasteiger partial charge in [0.1, 0.15) is 6.54 Å². The van der Waals surface area contributed by atoms with Crippen LogP contribution in [-0.4, -0.2) is 33.7 Å². The lowest BCUT2D eigenvalue weighted by atomic mass is 10.1. The molecule has 104 valence electrons. The highest BCUT2D eigenvalue weighted by Gasteiger charge is 2.18. The Bertz CT molecular complexity index is 766. The maximum Gasteiger partial charge on any atom is 0.338 e. The van der Waals surface area contributed by atoms with Crippen molar-refractivity contribution in [3.8, 4) is 0 Å². The number of aromatic carboxylic acids is 1. The van der Waals surface area contributed by atoms with Crippen LogP contribution in [0, 0.1) is 0 Å². The molecule has 0 radical (unpaired) electrons. The molecule has 1 heterocycles. The number of anilines is 1. The largest absolute Gasteiger partial charge is 0.478 e. The number of carbonyl (C=O) groups is 2. The van der Waals surface area contributed by atoms with Gasteiger partial charge in [-0.15, -0.1) is 0 Å². The molecule has 8 heteroatoms. The van der Waals surface area contributed by atoms with Crippen LogP contribution in [0.1, 0.15) is 10.4 Å². The number of fused-ring (bicyclic) bond motifs is 1. The van der Waals surface area contributed by atoms with E-state index >= 15 is 0 Å². The molecule has 8 nitrogen and oxygen atoms in total. The summed E-state index contributed by atoms with van der Waals surface area (Å²) >= 11 is 0. The summed E-state index contributed by atoms with van der Waals surface area (Å²) in [7, 11) is 1.18. The highest BCUT2D eigenvalue weighted by atomic mass is 16.5. The molecule has 0 aliphatic carbocycles. The number of nitrogens with zero attached hydrogens (tertiary/aromatic N) is 2. The summed E-state index contributed by atoms with van der Waals surface area (Å²) in [6, 6.07) is 2.81. The van der Waals surface area contributed by atoms with Gasteiger partial charge in [-0.25, -0.2) is 9.78 Å². The molecular formula is C12H11N3O5. The second-order valence-corrected chi connectivity index (χ2v) is 3.98. The molecule has 0 aliphatic rings. The van der Waals surface area contributed by atoms with Crippen molar-refractivity contribution in [2.24, 2.45) is 0 Å². The maximum absolute atomic E-state index is 12.3. The van der Waals surface area contributed by atoms with Gasteiger partial charge < -0.3 is 15.6 Å². The lowest BCUT2D eigenvalue weighted by Crippen LogP contribution is -2.26. The summed E-state index contributed by atoms with van der Waals surface area (Å²) < 4.78 is 5.43. The number of methoxy groups -OCH3 is 1. The minimum atomic E-state index is -1.33. The number of nitrogens with two attached hydrogens (primary N) is 1. The molecule has 1 aromatic carbocycles. The average molecular weight is 277 g/mol. The second-order valence-electron chi connectivity index (χ2n) is 3.98. The Balaban J connectivity index is 2.77. The van der Waals surface area contributed by atoms with Crippen LogP contribution < -0.4 is 11.3 Å². The fourth-order valence-corrected chi connectivity index (χ4v) is 1.81. The van der Waals surface area contributed by atoms with E-state index in [1.54, 1.807) is 0 Å². The predicted molar refractivity (Wildman–Crippen MR) is 69.4 cm³/mol. The molecule has 2 aromatic rings. The summed E-state index contributed by atoms with van der Waals surface area (Å²) in [5.41, 5.74) is 4.76. The van der Waals surface area contributed by atoms with Crippen LogP contribution in [0.15, 0.2) is 23.3 Å². The fourth-order valence-electron chi connectivity index (χ4n) is 1.81. The van der Waals surface area contributed by atoms with Gasteiger partial charge in [-0.1, -0.05) is 0 Å². The lowest BCUT2D eigenvalue weighted by Gasteiger charge is -2.08. The van der Waals surface area contributed by atoms with Crippen LogP contribution in [0.2, 0.25) is 0 Å². The van der Waals surface area contributed by atoms with Crippen LogP contribution in [0.5, 0.6) is 0 Å². The molecule has 0 aliphatic heterocycles. The number of nitrogen functional groups attached to an aromatic ring is 1. The Kier molecular flexibility index (Phi) is 3.38. The highest BCUT2D eigenvalue weighted by Crippen LogP contribution is 2.19.